The lowest BCUT2D eigenvalue weighted by Crippen LogP contribution is -2.08. The molecule has 18 heavy (non-hydrogen) atoms. The van der Waals surface area contributed by atoms with Crippen LogP contribution in [0.25, 0.3) is 5.69 Å². The number of aromatic nitrogens is 2. The summed E-state index contributed by atoms with van der Waals surface area (Å²) in [5.74, 6) is -0.997. The Morgan fingerprint density at radius 3 is 2.78 bits per heavy atom. The van der Waals surface area contributed by atoms with Crippen LogP contribution in [0.3, 0.4) is 0 Å². The molecular weight excluding hydrogens is 234 g/mol. The van der Waals surface area contributed by atoms with Crippen molar-refractivity contribution in [3.8, 4) is 5.69 Å². The van der Waals surface area contributed by atoms with Crippen molar-refractivity contribution in [1.29, 1.82) is 0 Å². The molecule has 6 nitrogen and oxygen atoms in total. The molecule has 0 amide bonds. The molecule has 0 unspecified atom stereocenters. The molecule has 2 rings (SSSR count). The maximum atomic E-state index is 11.1. The molecule has 1 heterocycles. The first-order valence-electron chi connectivity index (χ1n) is 5.21. The fourth-order valence-corrected chi connectivity index (χ4v) is 1.66. The van der Waals surface area contributed by atoms with Crippen molar-refractivity contribution in [1.82, 2.24) is 9.78 Å². The number of aryl methyl sites for hydroxylation is 1. The lowest BCUT2D eigenvalue weighted by atomic mass is 10.2. The van der Waals surface area contributed by atoms with Crippen LogP contribution in [0.2, 0.25) is 0 Å². The molecule has 0 saturated heterocycles. The van der Waals surface area contributed by atoms with Gasteiger partial charge in [-0.2, -0.15) is 5.10 Å². The van der Waals surface area contributed by atoms with Crippen molar-refractivity contribution >= 4 is 5.97 Å². The minimum absolute atomic E-state index is 0. The third-order valence-electron chi connectivity index (χ3n) is 2.44. The zero-order valence-corrected chi connectivity index (χ0v) is 9.92. The summed E-state index contributed by atoms with van der Waals surface area (Å²) >= 11 is 0. The van der Waals surface area contributed by atoms with E-state index in [1.165, 1.54) is 10.7 Å². The van der Waals surface area contributed by atoms with Gasteiger partial charge in [0.05, 0.1) is 11.4 Å². The molecule has 0 fully saturated rings. The van der Waals surface area contributed by atoms with Gasteiger partial charge in [0, 0.05) is 6.54 Å². The summed E-state index contributed by atoms with van der Waals surface area (Å²) in [5, 5.41) is 13.3. The van der Waals surface area contributed by atoms with Gasteiger partial charge in [-0.3, -0.25) is 0 Å². The molecule has 0 aliphatic heterocycles. The monoisotopic (exact) mass is 249 g/mol. The highest BCUT2D eigenvalue weighted by Gasteiger charge is 2.13. The topological polar surface area (TPSA) is 113 Å². The van der Waals surface area contributed by atoms with Crippen LogP contribution < -0.4 is 5.73 Å². The van der Waals surface area contributed by atoms with Crippen LogP contribution in [-0.4, -0.2) is 26.3 Å². The van der Waals surface area contributed by atoms with Gasteiger partial charge in [-0.05, 0) is 30.7 Å². The number of carboxylic acid groups (broad SMARTS) is 1. The second-order valence-electron chi connectivity index (χ2n) is 3.76. The predicted octanol–water partition coefficient (Wildman–Crippen LogP) is 0.513. The second-order valence-corrected chi connectivity index (χ2v) is 3.76. The van der Waals surface area contributed by atoms with Gasteiger partial charge in [-0.1, -0.05) is 12.1 Å². The van der Waals surface area contributed by atoms with E-state index in [1.807, 2.05) is 18.2 Å². The van der Waals surface area contributed by atoms with E-state index >= 15 is 0 Å². The Labute approximate surface area is 104 Å². The van der Waals surface area contributed by atoms with Crippen LogP contribution in [0.15, 0.2) is 30.3 Å². The summed E-state index contributed by atoms with van der Waals surface area (Å²) in [6.45, 7) is 2.17. The maximum absolute atomic E-state index is 11.1. The number of carboxylic acids is 1. The Kier molecular flexibility index (Phi) is 4.19. The Morgan fingerprint density at radius 2 is 2.17 bits per heavy atom. The molecule has 0 saturated carbocycles. The molecule has 0 atom stereocenters. The van der Waals surface area contributed by atoms with Crippen LogP contribution in [0.4, 0.5) is 0 Å². The van der Waals surface area contributed by atoms with Crippen molar-refractivity contribution < 1.29 is 15.4 Å². The van der Waals surface area contributed by atoms with Gasteiger partial charge in [0.25, 0.3) is 0 Å². The van der Waals surface area contributed by atoms with Gasteiger partial charge in [0.15, 0.2) is 5.69 Å². The highest BCUT2D eigenvalue weighted by atomic mass is 16.4. The number of aromatic carboxylic acids is 1. The number of nitrogens with zero attached hydrogens (tertiary/aromatic N) is 2. The number of rotatable bonds is 3. The summed E-state index contributed by atoms with van der Waals surface area (Å²) in [6, 6.07) is 8.90. The normalized spacial score (nSPS) is 9.89. The number of benzene rings is 1. The summed E-state index contributed by atoms with van der Waals surface area (Å²) in [7, 11) is 0. The van der Waals surface area contributed by atoms with E-state index in [4.69, 9.17) is 10.8 Å². The molecule has 5 N–H and O–H groups in total. The van der Waals surface area contributed by atoms with Crippen molar-refractivity contribution in [2.24, 2.45) is 5.73 Å². The second kappa shape index (κ2) is 5.44. The van der Waals surface area contributed by atoms with E-state index in [0.29, 0.717) is 17.9 Å². The van der Waals surface area contributed by atoms with Crippen molar-refractivity contribution in [2.45, 2.75) is 13.5 Å². The summed E-state index contributed by atoms with van der Waals surface area (Å²) in [5.41, 5.74) is 8.01. The zero-order chi connectivity index (χ0) is 12.4. The lowest BCUT2D eigenvalue weighted by Gasteiger charge is -2.05. The number of hydrogen-bond acceptors (Lipinski definition) is 3. The number of carbonyl (C=O) groups is 1. The van der Waals surface area contributed by atoms with Crippen LogP contribution in [0.1, 0.15) is 21.7 Å². The van der Waals surface area contributed by atoms with E-state index in [2.05, 4.69) is 5.10 Å². The molecule has 2 aromatic rings. The summed E-state index contributed by atoms with van der Waals surface area (Å²) in [4.78, 5) is 11.1. The highest BCUT2D eigenvalue weighted by Crippen LogP contribution is 2.14. The van der Waals surface area contributed by atoms with Crippen molar-refractivity contribution in [2.75, 3.05) is 0 Å². The Bertz CT molecular complexity index is 563. The predicted molar refractivity (Wildman–Crippen MR) is 66.8 cm³/mol. The first kappa shape index (κ1) is 13.9. The van der Waals surface area contributed by atoms with Crippen molar-refractivity contribution in [3.05, 3.63) is 47.3 Å². The van der Waals surface area contributed by atoms with E-state index in [-0.39, 0.29) is 11.2 Å². The fraction of sp³-hybridized carbons (Fsp3) is 0.167. The summed E-state index contributed by atoms with van der Waals surface area (Å²) < 4.78 is 1.41. The van der Waals surface area contributed by atoms with Gasteiger partial charge in [-0.25, -0.2) is 9.48 Å². The third-order valence-corrected chi connectivity index (χ3v) is 2.44. The minimum atomic E-state index is -0.997. The minimum Gasteiger partial charge on any atom is -0.477 e. The van der Waals surface area contributed by atoms with E-state index in [9.17, 15) is 4.79 Å². The largest absolute Gasteiger partial charge is 0.477 e. The molecule has 0 radical (unpaired) electrons. The molecule has 0 aliphatic carbocycles. The number of nitrogens with two attached hydrogens (primary N) is 1. The van der Waals surface area contributed by atoms with Crippen LogP contribution in [0, 0.1) is 6.92 Å². The van der Waals surface area contributed by atoms with Crippen LogP contribution in [0.5, 0.6) is 0 Å². The molecule has 6 heteroatoms. The molecule has 1 aromatic heterocycles. The molecule has 0 aliphatic rings. The van der Waals surface area contributed by atoms with E-state index in [1.54, 1.807) is 13.0 Å². The molecule has 0 bridgehead atoms. The van der Waals surface area contributed by atoms with Gasteiger partial charge in [-0.15, -0.1) is 0 Å². The molecule has 0 spiro atoms. The highest BCUT2D eigenvalue weighted by molar-refractivity contribution is 5.86. The van der Waals surface area contributed by atoms with E-state index < -0.39 is 5.97 Å². The Balaban J connectivity index is 0.00000162. The lowest BCUT2D eigenvalue weighted by molar-refractivity contribution is 0.0687. The van der Waals surface area contributed by atoms with Crippen LogP contribution >= 0.6 is 0 Å². The standard InChI is InChI=1S/C12H13N3O2.H2O/c1-8-5-11(12(16)17)15(14-8)10-4-2-3-9(6-10)7-13;/h2-6H,7,13H2,1H3,(H,16,17);1H2. The molecular formula is C12H15N3O3. The van der Waals surface area contributed by atoms with Gasteiger partial charge >= 0.3 is 5.97 Å². The van der Waals surface area contributed by atoms with E-state index in [0.717, 1.165) is 5.56 Å². The summed E-state index contributed by atoms with van der Waals surface area (Å²) in [6.07, 6.45) is 0. The molecule has 1 aromatic carbocycles. The zero-order valence-electron chi connectivity index (χ0n) is 9.92. The smallest absolute Gasteiger partial charge is 0.354 e. The van der Waals surface area contributed by atoms with Gasteiger partial charge in [0.1, 0.15) is 0 Å². The molecule has 96 valence electrons. The average molecular weight is 249 g/mol. The van der Waals surface area contributed by atoms with Gasteiger partial charge in [0.2, 0.25) is 0 Å². The Morgan fingerprint density at radius 1 is 1.44 bits per heavy atom. The van der Waals surface area contributed by atoms with Crippen molar-refractivity contribution in [3.63, 3.8) is 0 Å². The first-order valence-corrected chi connectivity index (χ1v) is 5.21. The maximum Gasteiger partial charge on any atom is 0.354 e. The first-order chi connectivity index (χ1) is 8.11. The Hall–Kier alpha value is -2.18. The number of hydrogen-bond donors (Lipinski definition) is 2. The average Bonchev–Trinajstić information content (AvgIpc) is 2.72. The quantitative estimate of drug-likeness (QED) is 0.825. The van der Waals surface area contributed by atoms with Crippen LogP contribution in [-0.2, 0) is 6.54 Å². The SMILES string of the molecule is Cc1cc(C(=O)O)n(-c2cccc(CN)c2)n1.O. The fourth-order valence-electron chi connectivity index (χ4n) is 1.66. The third kappa shape index (κ3) is 2.55. The van der Waals surface area contributed by atoms with Gasteiger partial charge < -0.3 is 16.3 Å².